The zero-order chi connectivity index (χ0) is 19.7. The Labute approximate surface area is 153 Å². The van der Waals surface area contributed by atoms with E-state index in [1.54, 1.807) is 31.2 Å². The second kappa shape index (κ2) is 10.6. The highest BCUT2D eigenvalue weighted by Gasteiger charge is 2.29. The average Bonchev–Trinajstić information content (AvgIpc) is 2.64. The van der Waals surface area contributed by atoms with Crippen LogP contribution in [0.25, 0.3) is 0 Å². The Balaban J connectivity index is 2.92. The van der Waals surface area contributed by atoms with Crippen molar-refractivity contribution < 1.29 is 19.5 Å². The first-order valence-electron chi connectivity index (χ1n) is 8.65. The number of hydrogen-bond acceptors (Lipinski definition) is 6. The molecule has 7 N–H and O–H groups in total. The number of aliphatic hydroxyl groups excluding tert-OH is 1. The van der Waals surface area contributed by atoms with Crippen molar-refractivity contribution in [2.24, 2.45) is 11.5 Å². The molecule has 8 heteroatoms. The molecule has 1 unspecified atom stereocenters. The zero-order valence-electron chi connectivity index (χ0n) is 15.2. The van der Waals surface area contributed by atoms with E-state index in [0.717, 1.165) is 0 Å². The van der Waals surface area contributed by atoms with Crippen LogP contribution in [0.5, 0.6) is 0 Å². The van der Waals surface area contributed by atoms with Gasteiger partial charge in [0.15, 0.2) is 5.78 Å². The third-order valence-electron chi connectivity index (χ3n) is 4.04. The molecule has 26 heavy (non-hydrogen) atoms. The van der Waals surface area contributed by atoms with Gasteiger partial charge in [0.1, 0.15) is 6.04 Å². The quantitative estimate of drug-likeness (QED) is 0.376. The summed E-state index contributed by atoms with van der Waals surface area (Å²) >= 11 is 0. The number of aliphatic hydroxyl groups is 1. The predicted molar refractivity (Wildman–Crippen MR) is 98.2 cm³/mol. The number of amides is 2. The Morgan fingerprint density at radius 2 is 1.81 bits per heavy atom. The summed E-state index contributed by atoms with van der Waals surface area (Å²) in [5.74, 6) is -1.32. The lowest BCUT2D eigenvalue weighted by Gasteiger charge is -2.24. The summed E-state index contributed by atoms with van der Waals surface area (Å²) in [6, 6.07) is 4.79. The van der Waals surface area contributed by atoms with Crippen molar-refractivity contribution in [2.75, 3.05) is 6.54 Å². The van der Waals surface area contributed by atoms with Crippen molar-refractivity contribution >= 4 is 17.6 Å². The Hall–Kier alpha value is -2.29. The standard InChI is InChI=1S/C18H28N4O4/c1-3-15(24)14(8-9-19)21-18(26)16(11(2)23)22-17(25)13-7-5-4-6-12(13)10-20/h4-7,11,14,16,23H,3,8-10,19-20H2,1-2H3,(H,21,26)(H,22,25)/t11?,14-,16-/m0/s1. The molecule has 0 heterocycles. The first kappa shape index (κ1) is 21.8. The van der Waals surface area contributed by atoms with Crippen LogP contribution in [-0.4, -0.2) is 47.4 Å². The molecule has 2 amide bonds. The Morgan fingerprint density at radius 3 is 2.35 bits per heavy atom. The van der Waals surface area contributed by atoms with E-state index >= 15 is 0 Å². The van der Waals surface area contributed by atoms with E-state index in [0.29, 0.717) is 11.1 Å². The van der Waals surface area contributed by atoms with Gasteiger partial charge in [0.25, 0.3) is 5.91 Å². The van der Waals surface area contributed by atoms with E-state index in [-0.39, 0.29) is 31.7 Å². The largest absolute Gasteiger partial charge is 0.391 e. The molecule has 0 aromatic heterocycles. The highest BCUT2D eigenvalue weighted by atomic mass is 16.3. The van der Waals surface area contributed by atoms with Crippen LogP contribution in [0.1, 0.15) is 42.6 Å². The fourth-order valence-electron chi connectivity index (χ4n) is 2.53. The molecule has 1 aromatic carbocycles. The molecule has 0 aliphatic heterocycles. The van der Waals surface area contributed by atoms with Gasteiger partial charge >= 0.3 is 0 Å². The molecule has 0 radical (unpaired) electrons. The van der Waals surface area contributed by atoms with E-state index < -0.39 is 30.0 Å². The lowest BCUT2D eigenvalue weighted by atomic mass is 10.0. The van der Waals surface area contributed by atoms with Crippen molar-refractivity contribution in [3.05, 3.63) is 35.4 Å². The molecule has 0 saturated carbocycles. The van der Waals surface area contributed by atoms with Gasteiger partial charge in [0.2, 0.25) is 5.91 Å². The number of nitrogens with two attached hydrogens (primary N) is 2. The number of Topliss-reactive ketones (excluding diaryl/α,β-unsaturated/α-hetero) is 1. The smallest absolute Gasteiger partial charge is 0.252 e. The van der Waals surface area contributed by atoms with Gasteiger partial charge in [-0.2, -0.15) is 0 Å². The van der Waals surface area contributed by atoms with Crippen LogP contribution in [0.2, 0.25) is 0 Å². The molecule has 1 aromatic rings. The van der Waals surface area contributed by atoms with Gasteiger partial charge in [0, 0.05) is 18.5 Å². The number of hydrogen-bond donors (Lipinski definition) is 5. The van der Waals surface area contributed by atoms with Crippen molar-refractivity contribution in [1.82, 2.24) is 10.6 Å². The minimum Gasteiger partial charge on any atom is -0.391 e. The molecule has 0 bridgehead atoms. The summed E-state index contributed by atoms with van der Waals surface area (Å²) < 4.78 is 0. The van der Waals surface area contributed by atoms with Gasteiger partial charge in [-0.3, -0.25) is 14.4 Å². The summed E-state index contributed by atoms with van der Waals surface area (Å²) in [6.45, 7) is 3.47. The number of carbonyl (C=O) groups is 3. The summed E-state index contributed by atoms with van der Waals surface area (Å²) in [5, 5.41) is 15.0. The highest BCUT2D eigenvalue weighted by Crippen LogP contribution is 2.09. The molecule has 1 rings (SSSR count). The lowest BCUT2D eigenvalue weighted by Crippen LogP contribution is -2.56. The zero-order valence-corrected chi connectivity index (χ0v) is 15.2. The third kappa shape index (κ3) is 5.91. The SMILES string of the molecule is CCC(=O)[C@H](CCN)NC(=O)[C@@H](NC(=O)c1ccccc1CN)C(C)O. The fraction of sp³-hybridized carbons (Fsp3) is 0.500. The molecular weight excluding hydrogens is 336 g/mol. The van der Waals surface area contributed by atoms with E-state index in [1.807, 2.05) is 0 Å². The molecule has 0 saturated heterocycles. The topological polar surface area (TPSA) is 148 Å². The van der Waals surface area contributed by atoms with Gasteiger partial charge < -0.3 is 27.2 Å². The van der Waals surface area contributed by atoms with Gasteiger partial charge in [0.05, 0.1) is 12.1 Å². The van der Waals surface area contributed by atoms with E-state index in [9.17, 15) is 19.5 Å². The predicted octanol–water partition coefficient (Wildman–Crippen LogP) is -0.563. The summed E-state index contributed by atoms with van der Waals surface area (Å²) in [6.07, 6.45) is -0.616. The average molecular weight is 364 g/mol. The molecule has 0 spiro atoms. The van der Waals surface area contributed by atoms with Crippen molar-refractivity contribution in [1.29, 1.82) is 0 Å². The monoisotopic (exact) mass is 364 g/mol. The van der Waals surface area contributed by atoms with Crippen LogP contribution in [-0.2, 0) is 16.1 Å². The number of carbonyl (C=O) groups excluding carboxylic acids is 3. The molecule has 144 valence electrons. The van der Waals surface area contributed by atoms with Crippen LogP contribution in [0, 0.1) is 0 Å². The van der Waals surface area contributed by atoms with E-state index in [2.05, 4.69) is 10.6 Å². The van der Waals surface area contributed by atoms with E-state index in [4.69, 9.17) is 11.5 Å². The van der Waals surface area contributed by atoms with Crippen molar-refractivity contribution in [3.8, 4) is 0 Å². The number of benzene rings is 1. The minimum absolute atomic E-state index is 0.159. The van der Waals surface area contributed by atoms with Gasteiger partial charge in [-0.25, -0.2) is 0 Å². The van der Waals surface area contributed by atoms with Gasteiger partial charge in [-0.05, 0) is 31.5 Å². The minimum atomic E-state index is -1.21. The lowest BCUT2D eigenvalue weighted by molar-refractivity contribution is -0.130. The normalized spacial score (nSPS) is 14.2. The van der Waals surface area contributed by atoms with Crippen molar-refractivity contribution in [3.63, 3.8) is 0 Å². The van der Waals surface area contributed by atoms with Crippen LogP contribution in [0.4, 0.5) is 0 Å². The van der Waals surface area contributed by atoms with Crippen molar-refractivity contribution in [2.45, 2.75) is 51.4 Å². The molecule has 0 fully saturated rings. The Morgan fingerprint density at radius 1 is 1.15 bits per heavy atom. The molecule has 8 nitrogen and oxygen atoms in total. The second-order valence-electron chi connectivity index (χ2n) is 6.01. The summed E-state index contributed by atoms with van der Waals surface area (Å²) in [5.41, 5.74) is 12.1. The number of nitrogens with one attached hydrogen (secondary N) is 2. The fourth-order valence-corrected chi connectivity index (χ4v) is 2.53. The maximum atomic E-state index is 12.5. The van der Waals surface area contributed by atoms with E-state index in [1.165, 1.54) is 6.92 Å². The van der Waals surface area contributed by atoms with Crippen LogP contribution >= 0.6 is 0 Å². The van der Waals surface area contributed by atoms with Crippen LogP contribution in [0.15, 0.2) is 24.3 Å². The highest BCUT2D eigenvalue weighted by molar-refractivity contribution is 5.99. The summed E-state index contributed by atoms with van der Waals surface area (Å²) in [7, 11) is 0. The maximum Gasteiger partial charge on any atom is 0.252 e. The third-order valence-corrected chi connectivity index (χ3v) is 4.04. The maximum absolute atomic E-state index is 12.5. The Kier molecular flexibility index (Phi) is 8.91. The van der Waals surface area contributed by atoms with Crippen LogP contribution in [0.3, 0.4) is 0 Å². The molecule has 0 aliphatic rings. The number of rotatable bonds is 10. The molecule has 3 atom stereocenters. The first-order chi connectivity index (χ1) is 12.3. The second-order valence-corrected chi connectivity index (χ2v) is 6.01. The number of ketones is 1. The summed E-state index contributed by atoms with van der Waals surface area (Å²) in [4.78, 5) is 36.9. The first-order valence-corrected chi connectivity index (χ1v) is 8.65. The molecule has 0 aliphatic carbocycles. The van der Waals surface area contributed by atoms with Crippen LogP contribution < -0.4 is 22.1 Å². The van der Waals surface area contributed by atoms with Gasteiger partial charge in [-0.15, -0.1) is 0 Å². The molecular formula is C18H28N4O4. The van der Waals surface area contributed by atoms with Gasteiger partial charge in [-0.1, -0.05) is 25.1 Å². The Bertz CT molecular complexity index is 633.